The van der Waals surface area contributed by atoms with Crippen LogP contribution in [0.2, 0.25) is 0 Å². The highest BCUT2D eigenvalue weighted by Crippen LogP contribution is 2.31. The predicted molar refractivity (Wildman–Crippen MR) is 114 cm³/mol. The number of hydrogen-bond acceptors (Lipinski definition) is 5. The molecule has 1 aromatic heterocycles. The van der Waals surface area contributed by atoms with Gasteiger partial charge < -0.3 is 14.5 Å². The molecule has 29 heavy (non-hydrogen) atoms. The lowest BCUT2D eigenvalue weighted by molar-refractivity contribution is -0.137. The lowest BCUT2D eigenvalue weighted by Gasteiger charge is -2.47. The van der Waals surface area contributed by atoms with Crippen LogP contribution in [-0.4, -0.2) is 66.2 Å². The summed E-state index contributed by atoms with van der Waals surface area (Å²) >= 11 is 0. The molecule has 3 heterocycles. The highest BCUT2D eigenvalue weighted by atomic mass is 16.5. The molecule has 1 atom stereocenters. The molecule has 0 radical (unpaired) electrons. The zero-order chi connectivity index (χ0) is 20.4. The van der Waals surface area contributed by atoms with Crippen LogP contribution in [0.3, 0.4) is 0 Å². The van der Waals surface area contributed by atoms with Crippen molar-refractivity contribution in [3.05, 3.63) is 72.1 Å². The van der Waals surface area contributed by atoms with Gasteiger partial charge in [0.2, 0.25) is 0 Å². The van der Waals surface area contributed by atoms with Crippen molar-refractivity contribution in [1.29, 1.82) is 0 Å². The standard InChI is InChI=1S/C23H26N4O2/c1-25-21(17-9-11-24-12-10-17)15-22(28)26(2)23(25)27-13-5-7-19(16-27)18-6-4-8-20(14-18)29-3/h4,6-12,14-15,23H,5,13,16H2,1-3H3. The summed E-state index contributed by atoms with van der Waals surface area (Å²) in [6, 6.07) is 12.0. The number of pyridine rings is 1. The molecule has 1 unspecified atom stereocenters. The molecule has 4 rings (SSSR count). The van der Waals surface area contributed by atoms with Crippen LogP contribution in [0.25, 0.3) is 11.3 Å². The lowest BCUT2D eigenvalue weighted by Crippen LogP contribution is -2.59. The number of likely N-dealkylation sites (N-methyl/N-ethyl adjacent to an activating group) is 1. The first-order chi connectivity index (χ1) is 14.1. The normalized spacial score (nSPS) is 20.4. The van der Waals surface area contributed by atoms with Gasteiger partial charge in [0, 0.05) is 51.2 Å². The van der Waals surface area contributed by atoms with Gasteiger partial charge in [-0.15, -0.1) is 0 Å². The number of aromatic nitrogens is 1. The first kappa shape index (κ1) is 19.2. The number of hydrogen-bond donors (Lipinski definition) is 0. The van der Waals surface area contributed by atoms with Crippen LogP contribution < -0.4 is 4.74 Å². The van der Waals surface area contributed by atoms with Crippen molar-refractivity contribution in [2.75, 3.05) is 34.3 Å². The first-order valence-corrected chi connectivity index (χ1v) is 9.77. The van der Waals surface area contributed by atoms with Crippen LogP contribution in [0.5, 0.6) is 5.75 Å². The molecule has 2 aliphatic heterocycles. The summed E-state index contributed by atoms with van der Waals surface area (Å²) in [6.07, 6.45) is 8.29. The summed E-state index contributed by atoms with van der Waals surface area (Å²) in [5.41, 5.74) is 4.32. The summed E-state index contributed by atoms with van der Waals surface area (Å²) in [7, 11) is 5.60. The van der Waals surface area contributed by atoms with Gasteiger partial charge in [-0.1, -0.05) is 18.2 Å². The Morgan fingerprint density at radius 3 is 2.62 bits per heavy atom. The molecule has 1 aromatic carbocycles. The Kier molecular flexibility index (Phi) is 5.36. The predicted octanol–water partition coefficient (Wildman–Crippen LogP) is 2.91. The third-order valence-corrected chi connectivity index (χ3v) is 5.60. The van der Waals surface area contributed by atoms with Crippen LogP contribution in [0.4, 0.5) is 0 Å². The molecule has 0 bridgehead atoms. The lowest BCUT2D eigenvalue weighted by atomic mass is 10.0. The quantitative estimate of drug-likeness (QED) is 0.803. The second kappa shape index (κ2) is 8.09. The fourth-order valence-corrected chi connectivity index (χ4v) is 4.11. The molecule has 0 saturated carbocycles. The molecule has 2 aromatic rings. The summed E-state index contributed by atoms with van der Waals surface area (Å²) in [4.78, 5) is 23.2. The minimum Gasteiger partial charge on any atom is -0.497 e. The summed E-state index contributed by atoms with van der Waals surface area (Å²) in [5.74, 6) is 0.864. The maximum absolute atomic E-state index is 12.8. The van der Waals surface area contributed by atoms with E-state index in [1.807, 2.05) is 38.4 Å². The van der Waals surface area contributed by atoms with E-state index in [1.54, 1.807) is 30.5 Å². The van der Waals surface area contributed by atoms with Crippen LogP contribution in [0.15, 0.2) is 60.9 Å². The zero-order valence-electron chi connectivity index (χ0n) is 17.1. The van der Waals surface area contributed by atoms with E-state index in [0.29, 0.717) is 0 Å². The molecule has 6 nitrogen and oxygen atoms in total. The minimum absolute atomic E-state index is 0.0115. The summed E-state index contributed by atoms with van der Waals surface area (Å²) in [6.45, 7) is 1.66. The van der Waals surface area contributed by atoms with Crippen LogP contribution in [0.1, 0.15) is 17.5 Å². The van der Waals surface area contributed by atoms with Crippen molar-refractivity contribution in [3.63, 3.8) is 0 Å². The van der Waals surface area contributed by atoms with Crippen LogP contribution >= 0.6 is 0 Å². The summed E-state index contributed by atoms with van der Waals surface area (Å²) in [5, 5.41) is 0. The van der Waals surface area contributed by atoms with Gasteiger partial charge in [-0.3, -0.25) is 14.7 Å². The van der Waals surface area contributed by atoms with E-state index in [-0.39, 0.29) is 12.2 Å². The number of nitrogens with zero attached hydrogens (tertiary/aromatic N) is 4. The fraction of sp³-hybridized carbons (Fsp3) is 0.304. The van der Waals surface area contributed by atoms with Crippen molar-refractivity contribution in [2.45, 2.75) is 12.7 Å². The topological polar surface area (TPSA) is 48.9 Å². The number of carbonyl (C=O) groups excluding carboxylic acids is 1. The van der Waals surface area contributed by atoms with Gasteiger partial charge >= 0.3 is 0 Å². The van der Waals surface area contributed by atoms with Gasteiger partial charge in [0.15, 0.2) is 6.29 Å². The average molecular weight is 390 g/mol. The third kappa shape index (κ3) is 3.76. The molecule has 0 fully saturated rings. The molecular formula is C23H26N4O2. The molecule has 1 amide bonds. The molecule has 0 spiro atoms. The van der Waals surface area contributed by atoms with Crippen molar-refractivity contribution >= 4 is 17.2 Å². The number of amides is 1. The molecule has 150 valence electrons. The van der Waals surface area contributed by atoms with E-state index in [1.165, 1.54) is 5.57 Å². The zero-order valence-corrected chi connectivity index (χ0v) is 17.1. The SMILES string of the molecule is COc1cccc(C2=CCCN(C3N(C)C(=O)C=C(c4ccncc4)N3C)C2)c1. The van der Waals surface area contributed by atoms with Crippen LogP contribution in [-0.2, 0) is 4.79 Å². The maximum atomic E-state index is 12.8. The van der Waals surface area contributed by atoms with Gasteiger partial charge in [0.1, 0.15) is 5.75 Å². The minimum atomic E-state index is -0.148. The van der Waals surface area contributed by atoms with Crippen molar-refractivity contribution in [2.24, 2.45) is 0 Å². The Balaban J connectivity index is 1.61. The van der Waals surface area contributed by atoms with Crippen molar-refractivity contribution < 1.29 is 9.53 Å². The van der Waals surface area contributed by atoms with Gasteiger partial charge in [-0.05, 0) is 41.8 Å². The highest BCUT2D eigenvalue weighted by Gasteiger charge is 2.35. The molecule has 0 saturated heterocycles. The van der Waals surface area contributed by atoms with Crippen molar-refractivity contribution in [1.82, 2.24) is 19.7 Å². The van der Waals surface area contributed by atoms with Crippen molar-refractivity contribution in [3.8, 4) is 5.75 Å². The van der Waals surface area contributed by atoms with E-state index in [0.717, 1.165) is 42.1 Å². The van der Waals surface area contributed by atoms with Gasteiger partial charge in [-0.2, -0.15) is 0 Å². The number of rotatable bonds is 4. The van der Waals surface area contributed by atoms with Crippen LogP contribution in [0, 0.1) is 0 Å². The second-order valence-corrected chi connectivity index (χ2v) is 7.39. The maximum Gasteiger partial charge on any atom is 0.251 e. The number of benzene rings is 1. The Labute approximate surface area is 171 Å². The molecule has 0 N–H and O–H groups in total. The second-order valence-electron chi connectivity index (χ2n) is 7.39. The summed E-state index contributed by atoms with van der Waals surface area (Å²) < 4.78 is 5.39. The highest BCUT2D eigenvalue weighted by molar-refractivity contribution is 5.96. The molecular weight excluding hydrogens is 364 g/mol. The molecule has 0 aliphatic carbocycles. The Bertz CT molecular complexity index is 954. The fourth-order valence-electron chi connectivity index (χ4n) is 4.11. The molecule has 6 heteroatoms. The van der Waals surface area contributed by atoms with Gasteiger partial charge in [-0.25, -0.2) is 0 Å². The van der Waals surface area contributed by atoms with E-state index >= 15 is 0 Å². The van der Waals surface area contributed by atoms with E-state index in [4.69, 9.17) is 4.74 Å². The van der Waals surface area contributed by atoms with Gasteiger partial charge in [0.25, 0.3) is 5.91 Å². The number of carbonyl (C=O) groups is 1. The number of ether oxygens (including phenoxy) is 1. The first-order valence-electron chi connectivity index (χ1n) is 9.77. The monoisotopic (exact) mass is 390 g/mol. The van der Waals surface area contributed by atoms with E-state index in [2.05, 4.69) is 33.0 Å². The smallest absolute Gasteiger partial charge is 0.251 e. The Hall–Kier alpha value is -3.12. The third-order valence-electron chi connectivity index (χ3n) is 5.60. The Morgan fingerprint density at radius 2 is 1.86 bits per heavy atom. The molecule has 2 aliphatic rings. The Morgan fingerprint density at radius 1 is 1.07 bits per heavy atom. The van der Waals surface area contributed by atoms with E-state index < -0.39 is 0 Å². The van der Waals surface area contributed by atoms with Gasteiger partial charge in [0.05, 0.1) is 12.8 Å². The average Bonchev–Trinajstić information content (AvgIpc) is 2.77. The number of methoxy groups -OCH3 is 1. The largest absolute Gasteiger partial charge is 0.497 e. The van der Waals surface area contributed by atoms with E-state index in [9.17, 15) is 4.79 Å².